The molecule has 0 saturated heterocycles. The molecule has 1 aromatic heterocycles. The van der Waals surface area contributed by atoms with Crippen molar-refractivity contribution in [2.75, 3.05) is 12.4 Å². The van der Waals surface area contributed by atoms with E-state index < -0.39 is 0 Å². The number of carbonyl (C=O) groups excluding carboxylic acids is 1. The van der Waals surface area contributed by atoms with Crippen molar-refractivity contribution in [2.24, 2.45) is 0 Å². The van der Waals surface area contributed by atoms with Gasteiger partial charge in [0.1, 0.15) is 23.9 Å². The van der Waals surface area contributed by atoms with E-state index in [2.05, 4.69) is 24.4 Å². The van der Waals surface area contributed by atoms with Gasteiger partial charge in [-0.3, -0.25) is 4.79 Å². The summed E-state index contributed by atoms with van der Waals surface area (Å²) in [4.78, 5) is 12.3. The summed E-state index contributed by atoms with van der Waals surface area (Å²) in [5, 5.41) is 2.78. The van der Waals surface area contributed by atoms with E-state index in [1.54, 1.807) is 31.4 Å². The van der Waals surface area contributed by atoms with Gasteiger partial charge in [-0.1, -0.05) is 31.5 Å². The zero-order valence-corrected chi connectivity index (χ0v) is 15.5. The zero-order chi connectivity index (χ0) is 19.1. The van der Waals surface area contributed by atoms with E-state index in [0.29, 0.717) is 17.2 Å². The quantitative estimate of drug-likeness (QED) is 0.605. The second-order valence-corrected chi connectivity index (χ2v) is 6.13. The molecule has 1 heterocycles. The number of furan rings is 1. The minimum absolute atomic E-state index is 0.231. The SMILES string of the molecule is CCCc1ccc(OCc2ccc(C(=O)Nc3cccc(OC)c3)o2)cc1. The molecular weight excluding hydrogens is 342 g/mol. The zero-order valence-electron chi connectivity index (χ0n) is 15.5. The molecule has 0 unspecified atom stereocenters. The van der Waals surface area contributed by atoms with Gasteiger partial charge in [0.25, 0.3) is 5.91 Å². The molecule has 5 heteroatoms. The third kappa shape index (κ3) is 5.14. The second kappa shape index (κ2) is 8.94. The number of carbonyl (C=O) groups is 1. The third-order valence-corrected chi connectivity index (χ3v) is 4.06. The van der Waals surface area contributed by atoms with Crippen LogP contribution in [0.1, 0.15) is 35.2 Å². The molecule has 0 fully saturated rings. The van der Waals surface area contributed by atoms with Gasteiger partial charge < -0.3 is 19.2 Å². The molecule has 5 nitrogen and oxygen atoms in total. The minimum atomic E-state index is -0.321. The molecule has 3 aromatic rings. The summed E-state index contributed by atoms with van der Waals surface area (Å²) in [6.45, 7) is 2.42. The Balaban J connectivity index is 1.56. The highest BCUT2D eigenvalue weighted by atomic mass is 16.5. The third-order valence-electron chi connectivity index (χ3n) is 4.06. The van der Waals surface area contributed by atoms with Crippen LogP contribution in [0.4, 0.5) is 5.69 Å². The van der Waals surface area contributed by atoms with Gasteiger partial charge in [0.2, 0.25) is 0 Å². The lowest BCUT2D eigenvalue weighted by Crippen LogP contribution is -2.10. The van der Waals surface area contributed by atoms with Crippen molar-refractivity contribution in [1.29, 1.82) is 0 Å². The number of rotatable bonds is 8. The molecule has 0 bridgehead atoms. The number of nitrogens with one attached hydrogen (secondary N) is 1. The summed E-state index contributed by atoms with van der Waals surface area (Å²) in [5.41, 5.74) is 1.93. The van der Waals surface area contributed by atoms with E-state index >= 15 is 0 Å². The standard InChI is InChI=1S/C22H23NO4/c1-3-5-16-8-10-18(11-9-16)26-15-20-12-13-21(27-20)22(24)23-17-6-4-7-19(14-17)25-2/h4,6-14H,3,5,15H2,1-2H3,(H,23,24). The first-order valence-electron chi connectivity index (χ1n) is 8.94. The van der Waals surface area contributed by atoms with Crippen LogP contribution in [0.2, 0.25) is 0 Å². The number of hydrogen-bond acceptors (Lipinski definition) is 4. The Morgan fingerprint density at radius 1 is 1.04 bits per heavy atom. The molecule has 0 aliphatic carbocycles. The first-order valence-corrected chi connectivity index (χ1v) is 8.94. The first-order chi connectivity index (χ1) is 13.2. The predicted octanol–water partition coefficient (Wildman–Crippen LogP) is 5.07. The summed E-state index contributed by atoms with van der Waals surface area (Å²) >= 11 is 0. The summed E-state index contributed by atoms with van der Waals surface area (Å²) in [6.07, 6.45) is 2.18. The number of amides is 1. The number of hydrogen-bond donors (Lipinski definition) is 1. The van der Waals surface area contributed by atoms with Crippen molar-refractivity contribution in [2.45, 2.75) is 26.4 Å². The van der Waals surface area contributed by atoms with Gasteiger partial charge in [0, 0.05) is 11.8 Å². The fourth-order valence-corrected chi connectivity index (χ4v) is 2.67. The molecule has 0 radical (unpaired) electrons. The van der Waals surface area contributed by atoms with Crippen LogP contribution in [0, 0.1) is 0 Å². The van der Waals surface area contributed by atoms with Crippen molar-refractivity contribution < 1.29 is 18.7 Å². The molecular formula is C22H23NO4. The molecule has 27 heavy (non-hydrogen) atoms. The lowest BCUT2D eigenvalue weighted by Gasteiger charge is -2.06. The highest BCUT2D eigenvalue weighted by molar-refractivity contribution is 6.02. The van der Waals surface area contributed by atoms with Crippen LogP contribution >= 0.6 is 0 Å². The second-order valence-electron chi connectivity index (χ2n) is 6.13. The maximum atomic E-state index is 12.3. The molecule has 3 rings (SSSR count). The molecule has 0 aliphatic rings. The lowest BCUT2D eigenvalue weighted by molar-refractivity contribution is 0.0992. The molecule has 0 aliphatic heterocycles. The Kier molecular flexibility index (Phi) is 6.15. The van der Waals surface area contributed by atoms with Gasteiger partial charge in [-0.15, -0.1) is 0 Å². The first kappa shape index (κ1) is 18.6. The Bertz CT molecular complexity index is 883. The van der Waals surface area contributed by atoms with Crippen molar-refractivity contribution in [1.82, 2.24) is 0 Å². The van der Waals surface area contributed by atoms with Gasteiger partial charge in [-0.05, 0) is 48.4 Å². The number of aryl methyl sites for hydroxylation is 1. The van der Waals surface area contributed by atoms with Gasteiger partial charge in [-0.2, -0.15) is 0 Å². The maximum Gasteiger partial charge on any atom is 0.291 e. The topological polar surface area (TPSA) is 60.7 Å². The predicted molar refractivity (Wildman–Crippen MR) is 104 cm³/mol. The van der Waals surface area contributed by atoms with E-state index in [4.69, 9.17) is 13.9 Å². The lowest BCUT2D eigenvalue weighted by atomic mass is 10.1. The van der Waals surface area contributed by atoms with Gasteiger partial charge in [0.15, 0.2) is 5.76 Å². The summed E-state index contributed by atoms with van der Waals surface area (Å²) in [7, 11) is 1.58. The van der Waals surface area contributed by atoms with E-state index in [0.717, 1.165) is 18.6 Å². The van der Waals surface area contributed by atoms with Crippen molar-refractivity contribution >= 4 is 11.6 Å². The van der Waals surface area contributed by atoms with Gasteiger partial charge >= 0.3 is 0 Å². The molecule has 0 saturated carbocycles. The van der Waals surface area contributed by atoms with Crippen molar-refractivity contribution in [3.05, 3.63) is 77.7 Å². The largest absolute Gasteiger partial charge is 0.497 e. The number of methoxy groups -OCH3 is 1. The van der Waals surface area contributed by atoms with Crippen LogP contribution in [-0.4, -0.2) is 13.0 Å². The summed E-state index contributed by atoms with van der Waals surface area (Å²) in [5.74, 6) is 1.94. The highest BCUT2D eigenvalue weighted by Gasteiger charge is 2.12. The van der Waals surface area contributed by atoms with Crippen molar-refractivity contribution in [3.63, 3.8) is 0 Å². The van der Waals surface area contributed by atoms with Crippen molar-refractivity contribution in [3.8, 4) is 11.5 Å². The minimum Gasteiger partial charge on any atom is -0.497 e. The molecule has 0 atom stereocenters. The highest BCUT2D eigenvalue weighted by Crippen LogP contribution is 2.19. The van der Waals surface area contributed by atoms with E-state index in [9.17, 15) is 4.79 Å². The van der Waals surface area contributed by atoms with Crippen LogP contribution in [0.25, 0.3) is 0 Å². The van der Waals surface area contributed by atoms with Gasteiger partial charge in [0.05, 0.1) is 7.11 Å². The normalized spacial score (nSPS) is 10.4. The molecule has 140 valence electrons. The summed E-state index contributed by atoms with van der Waals surface area (Å²) < 4.78 is 16.5. The molecule has 0 spiro atoms. The Morgan fingerprint density at radius 2 is 1.85 bits per heavy atom. The van der Waals surface area contributed by atoms with E-state index in [1.807, 2.05) is 24.3 Å². The molecule has 2 aromatic carbocycles. The Morgan fingerprint density at radius 3 is 2.59 bits per heavy atom. The van der Waals surface area contributed by atoms with Crippen LogP contribution in [0.3, 0.4) is 0 Å². The monoisotopic (exact) mass is 365 g/mol. The average molecular weight is 365 g/mol. The Labute approximate surface area is 158 Å². The Hall–Kier alpha value is -3.21. The fraction of sp³-hybridized carbons (Fsp3) is 0.227. The van der Waals surface area contributed by atoms with Crippen LogP contribution < -0.4 is 14.8 Å². The van der Waals surface area contributed by atoms with Crippen LogP contribution in [-0.2, 0) is 13.0 Å². The number of anilines is 1. The van der Waals surface area contributed by atoms with Crippen LogP contribution in [0.15, 0.2) is 65.1 Å². The molecule has 1 amide bonds. The van der Waals surface area contributed by atoms with Gasteiger partial charge in [-0.25, -0.2) is 0 Å². The summed E-state index contributed by atoms with van der Waals surface area (Å²) in [6, 6.07) is 18.6. The van der Waals surface area contributed by atoms with Crippen LogP contribution in [0.5, 0.6) is 11.5 Å². The number of benzene rings is 2. The molecule has 1 N–H and O–H groups in total. The maximum absolute atomic E-state index is 12.3. The number of ether oxygens (including phenoxy) is 2. The van der Waals surface area contributed by atoms with E-state index in [1.165, 1.54) is 5.56 Å². The van der Waals surface area contributed by atoms with E-state index in [-0.39, 0.29) is 18.3 Å². The smallest absolute Gasteiger partial charge is 0.291 e. The average Bonchev–Trinajstić information content (AvgIpc) is 3.17. The fourth-order valence-electron chi connectivity index (χ4n) is 2.67.